The van der Waals surface area contributed by atoms with E-state index < -0.39 is 29.6 Å². The van der Waals surface area contributed by atoms with Gasteiger partial charge in [-0.05, 0) is 50.3 Å². The molecule has 0 radical (unpaired) electrons. The van der Waals surface area contributed by atoms with Crippen LogP contribution in [0.15, 0.2) is 40.7 Å². The van der Waals surface area contributed by atoms with Crippen LogP contribution in [0, 0.1) is 11.8 Å². The average Bonchev–Trinajstić information content (AvgIpc) is 2.77. The molecular weight excluding hydrogens is 426 g/mol. The van der Waals surface area contributed by atoms with Crippen LogP contribution in [0.3, 0.4) is 0 Å². The van der Waals surface area contributed by atoms with Gasteiger partial charge in [-0.3, -0.25) is 9.59 Å². The van der Waals surface area contributed by atoms with Crippen molar-refractivity contribution in [3.8, 4) is 11.5 Å². The summed E-state index contributed by atoms with van der Waals surface area (Å²) < 4.78 is 15.7. The molecule has 0 saturated heterocycles. The average molecular weight is 458 g/mol. The van der Waals surface area contributed by atoms with Crippen LogP contribution in [-0.4, -0.2) is 43.2 Å². The van der Waals surface area contributed by atoms with Gasteiger partial charge in [0.05, 0.1) is 25.9 Å². The highest BCUT2D eigenvalue weighted by molar-refractivity contribution is 6.12. The number of benzene rings is 1. The predicted octanol–water partition coefficient (Wildman–Crippen LogP) is 3.36. The summed E-state index contributed by atoms with van der Waals surface area (Å²) in [4.78, 5) is 39.4. The molecule has 0 spiro atoms. The summed E-state index contributed by atoms with van der Waals surface area (Å²) in [5.41, 5.74) is 2.33. The fourth-order valence-corrected chi connectivity index (χ4v) is 4.50. The number of Topliss-reactive ketones (excluding diaryl/α,β-unsaturated/α-hetero) is 1. The van der Waals surface area contributed by atoms with Gasteiger partial charge in [0.1, 0.15) is 5.92 Å². The molecule has 4 atom stereocenters. The van der Waals surface area contributed by atoms with Gasteiger partial charge in [-0.15, -0.1) is 0 Å². The lowest BCUT2D eigenvalue weighted by Crippen LogP contribution is -2.43. The molecule has 0 aromatic heterocycles. The maximum atomic E-state index is 13.7. The number of ketones is 1. The lowest BCUT2D eigenvalue weighted by Gasteiger charge is -2.38. The summed E-state index contributed by atoms with van der Waals surface area (Å²) in [7, 11) is 2.69. The van der Waals surface area contributed by atoms with Crippen LogP contribution in [0.4, 0.5) is 0 Å². The molecule has 0 amide bonds. The van der Waals surface area contributed by atoms with Crippen LogP contribution in [0.25, 0.3) is 0 Å². The number of hydrogen-bond donors (Lipinski definition) is 2. The minimum absolute atomic E-state index is 0.121. The van der Waals surface area contributed by atoms with E-state index in [1.807, 2.05) is 13.8 Å². The van der Waals surface area contributed by atoms with Crippen LogP contribution in [0.2, 0.25) is 0 Å². The number of nitrogens with one attached hydrogen (secondary N) is 1. The van der Waals surface area contributed by atoms with Crippen molar-refractivity contribution in [3.05, 3.63) is 46.3 Å². The third-order valence-electron chi connectivity index (χ3n) is 6.38. The Bertz CT molecular complexity index is 1040. The highest BCUT2D eigenvalue weighted by atomic mass is 16.5. The highest BCUT2D eigenvalue weighted by Gasteiger charge is 2.47. The number of ether oxygens (including phenoxy) is 3. The first-order valence-electron chi connectivity index (χ1n) is 11.0. The number of phenols is 1. The first-order valence-corrected chi connectivity index (χ1v) is 11.0. The Morgan fingerprint density at radius 3 is 2.55 bits per heavy atom. The number of methoxy groups -OCH3 is 2. The number of esters is 2. The van der Waals surface area contributed by atoms with E-state index >= 15 is 0 Å². The molecule has 0 saturated carbocycles. The summed E-state index contributed by atoms with van der Waals surface area (Å²) in [5, 5.41) is 13.6. The van der Waals surface area contributed by atoms with Crippen molar-refractivity contribution < 1.29 is 33.7 Å². The van der Waals surface area contributed by atoms with Crippen molar-refractivity contribution in [1.82, 2.24) is 5.32 Å². The Kier molecular flexibility index (Phi) is 7.15. The molecule has 1 aliphatic carbocycles. The van der Waals surface area contributed by atoms with Crippen molar-refractivity contribution >= 4 is 17.7 Å². The fraction of sp³-hybridized carbons (Fsp3) is 0.480. The van der Waals surface area contributed by atoms with Crippen LogP contribution in [0.5, 0.6) is 11.5 Å². The summed E-state index contributed by atoms with van der Waals surface area (Å²) in [6.07, 6.45) is 0.752. The molecular formula is C25H31NO7. The number of phenolic OH excluding ortho intramolecular Hbond substituents is 1. The normalized spacial score (nSPS) is 23.5. The number of allylic oxidation sites excluding steroid dienone is 3. The third-order valence-corrected chi connectivity index (χ3v) is 6.38. The second-order valence-electron chi connectivity index (χ2n) is 8.59. The Labute approximate surface area is 193 Å². The molecule has 0 fully saturated rings. The molecule has 8 heteroatoms. The van der Waals surface area contributed by atoms with Gasteiger partial charge in [-0.2, -0.15) is 0 Å². The smallest absolute Gasteiger partial charge is 0.337 e. The predicted molar refractivity (Wildman–Crippen MR) is 120 cm³/mol. The molecule has 178 valence electrons. The molecule has 0 unspecified atom stereocenters. The topological polar surface area (TPSA) is 111 Å². The SMILES string of the molecule is CC[C@@H](C)OC(=O)C1=C(C)NC2=C(C(=O)[C@@H](C(=O)OC)[C@@H](C)C2)[C@@H]1c1ccc(OC)c(O)c1. The van der Waals surface area contributed by atoms with E-state index in [4.69, 9.17) is 14.2 Å². The monoisotopic (exact) mass is 457 g/mol. The van der Waals surface area contributed by atoms with E-state index in [9.17, 15) is 19.5 Å². The van der Waals surface area contributed by atoms with Gasteiger partial charge in [-0.25, -0.2) is 4.79 Å². The number of rotatable bonds is 6. The van der Waals surface area contributed by atoms with Gasteiger partial charge in [0, 0.05) is 22.9 Å². The van der Waals surface area contributed by atoms with Gasteiger partial charge in [0.2, 0.25) is 0 Å². The first kappa shape index (κ1) is 24.4. The summed E-state index contributed by atoms with van der Waals surface area (Å²) >= 11 is 0. The van der Waals surface area contributed by atoms with Gasteiger partial charge in [0.15, 0.2) is 17.3 Å². The molecule has 3 rings (SSSR count). The van der Waals surface area contributed by atoms with Crippen molar-refractivity contribution in [2.45, 2.75) is 52.6 Å². The molecule has 2 N–H and O–H groups in total. The van der Waals surface area contributed by atoms with Crippen molar-refractivity contribution in [1.29, 1.82) is 0 Å². The van der Waals surface area contributed by atoms with Crippen molar-refractivity contribution in [3.63, 3.8) is 0 Å². The van der Waals surface area contributed by atoms with Crippen molar-refractivity contribution in [2.24, 2.45) is 11.8 Å². The maximum absolute atomic E-state index is 13.7. The molecule has 1 heterocycles. The quantitative estimate of drug-likeness (QED) is 0.494. The molecule has 1 aliphatic heterocycles. The van der Waals surface area contributed by atoms with Crippen molar-refractivity contribution in [2.75, 3.05) is 14.2 Å². The van der Waals surface area contributed by atoms with E-state index in [2.05, 4.69) is 5.32 Å². The zero-order valence-corrected chi connectivity index (χ0v) is 19.9. The van der Waals surface area contributed by atoms with Gasteiger partial charge < -0.3 is 24.6 Å². The third kappa shape index (κ3) is 4.47. The largest absolute Gasteiger partial charge is 0.504 e. The van der Waals surface area contributed by atoms with Gasteiger partial charge in [0.25, 0.3) is 0 Å². The Morgan fingerprint density at radius 1 is 1.27 bits per heavy atom. The maximum Gasteiger partial charge on any atom is 0.337 e. The molecule has 1 aromatic rings. The molecule has 33 heavy (non-hydrogen) atoms. The van der Waals surface area contributed by atoms with E-state index in [1.165, 1.54) is 20.3 Å². The number of aromatic hydroxyl groups is 1. The Balaban J connectivity index is 2.19. The van der Waals surface area contributed by atoms with Crippen LogP contribution < -0.4 is 10.1 Å². The summed E-state index contributed by atoms with van der Waals surface area (Å²) in [5.74, 6) is -3.48. The Morgan fingerprint density at radius 2 is 1.97 bits per heavy atom. The summed E-state index contributed by atoms with van der Waals surface area (Å²) in [6, 6.07) is 4.75. The number of carbonyl (C=O) groups is 3. The van der Waals surface area contributed by atoms with E-state index in [1.54, 1.807) is 26.0 Å². The zero-order valence-electron chi connectivity index (χ0n) is 19.9. The second-order valence-corrected chi connectivity index (χ2v) is 8.59. The van der Waals surface area contributed by atoms with Gasteiger partial charge in [-0.1, -0.05) is 19.9 Å². The van der Waals surface area contributed by atoms with E-state index in [0.29, 0.717) is 35.4 Å². The first-order chi connectivity index (χ1) is 15.6. The molecule has 0 bridgehead atoms. The molecule has 2 aliphatic rings. The molecule has 8 nitrogen and oxygen atoms in total. The second kappa shape index (κ2) is 9.68. The minimum Gasteiger partial charge on any atom is -0.504 e. The van der Waals surface area contributed by atoms with E-state index in [-0.39, 0.29) is 29.1 Å². The van der Waals surface area contributed by atoms with Crippen LogP contribution >= 0.6 is 0 Å². The lowest BCUT2D eigenvalue weighted by atomic mass is 9.69. The number of carbonyl (C=O) groups excluding carboxylic acids is 3. The summed E-state index contributed by atoms with van der Waals surface area (Å²) in [6.45, 7) is 7.29. The Hall–Kier alpha value is -3.29. The number of dihydropyridines is 1. The minimum atomic E-state index is -0.977. The lowest BCUT2D eigenvalue weighted by molar-refractivity contribution is -0.151. The standard InChI is InChI=1S/C25H31NO7/c1-7-13(3)33-25(30)20-14(4)26-16-10-12(2)19(24(29)32-6)23(28)22(16)21(20)15-8-9-18(31-5)17(27)11-15/h8-9,11-13,19,21,26-27H,7,10H2,1-6H3/t12-,13+,19-,21+/m0/s1. The van der Waals surface area contributed by atoms with E-state index in [0.717, 1.165) is 0 Å². The van der Waals surface area contributed by atoms with Crippen LogP contribution in [-0.2, 0) is 23.9 Å². The number of hydrogen-bond acceptors (Lipinski definition) is 8. The van der Waals surface area contributed by atoms with Crippen LogP contribution in [0.1, 0.15) is 52.0 Å². The molecule has 1 aromatic carbocycles. The van der Waals surface area contributed by atoms with Gasteiger partial charge >= 0.3 is 11.9 Å². The fourth-order valence-electron chi connectivity index (χ4n) is 4.50. The highest BCUT2D eigenvalue weighted by Crippen LogP contribution is 2.46. The zero-order chi connectivity index (χ0) is 24.4.